The third-order valence-corrected chi connectivity index (χ3v) is 3.39. The summed E-state index contributed by atoms with van der Waals surface area (Å²) in [5.41, 5.74) is 3.30. The van der Waals surface area contributed by atoms with Crippen LogP contribution < -0.4 is 0 Å². The van der Waals surface area contributed by atoms with Gasteiger partial charge >= 0.3 is 0 Å². The van der Waals surface area contributed by atoms with E-state index in [1.165, 1.54) is 6.08 Å². The van der Waals surface area contributed by atoms with Crippen LogP contribution >= 0.6 is 0 Å². The van der Waals surface area contributed by atoms with Crippen LogP contribution in [0.5, 0.6) is 0 Å². The smallest absolute Gasteiger partial charge is 0.194 e. The summed E-state index contributed by atoms with van der Waals surface area (Å²) in [5.74, 6) is -0.182. The number of aryl methyl sites for hydroxylation is 1. The Balaban J connectivity index is 2.19. The first-order valence-electron chi connectivity index (χ1n) is 6.14. The van der Waals surface area contributed by atoms with E-state index in [1.54, 1.807) is 24.3 Å². The maximum absolute atomic E-state index is 12.5. The van der Waals surface area contributed by atoms with Gasteiger partial charge in [-0.3, -0.25) is 9.59 Å². The number of fused-ring (bicyclic) bond motifs is 1. The number of rotatable bonds is 1. The number of Topliss-reactive ketones (excluding diaryl/α,β-unsaturated/α-hetero) is 1. The summed E-state index contributed by atoms with van der Waals surface area (Å²) < 4.78 is 0. The first-order chi connectivity index (χ1) is 9.18. The van der Waals surface area contributed by atoms with Gasteiger partial charge in [-0.15, -0.1) is 0 Å². The van der Waals surface area contributed by atoms with Crippen molar-refractivity contribution in [3.05, 3.63) is 76.9 Å². The molecule has 1 aliphatic carbocycles. The average Bonchev–Trinajstić information content (AvgIpc) is 2.44. The first-order valence-corrected chi connectivity index (χ1v) is 6.14. The van der Waals surface area contributed by atoms with E-state index >= 15 is 0 Å². The molecule has 0 saturated heterocycles. The van der Waals surface area contributed by atoms with Crippen LogP contribution in [0.1, 0.15) is 31.8 Å². The number of carbonyl (C=O) groups excluding carboxylic acids is 2. The van der Waals surface area contributed by atoms with Crippen molar-refractivity contribution in [1.82, 2.24) is 0 Å². The van der Waals surface area contributed by atoms with E-state index in [9.17, 15) is 9.59 Å². The van der Waals surface area contributed by atoms with Crippen molar-refractivity contribution < 1.29 is 9.59 Å². The summed E-state index contributed by atoms with van der Waals surface area (Å²) in [6.45, 7) is 1.94. The van der Waals surface area contributed by atoms with Gasteiger partial charge in [0, 0.05) is 16.7 Å². The number of carbonyl (C=O) groups is 2. The molecule has 2 aromatic carbocycles. The molecule has 2 aromatic rings. The molecule has 0 aromatic heterocycles. The van der Waals surface area contributed by atoms with Gasteiger partial charge in [-0.1, -0.05) is 48.5 Å². The Kier molecular flexibility index (Phi) is 2.64. The molecular weight excluding hydrogens is 236 g/mol. The van der Waals surface area contributed by atoms with Crippen LogP contribution in [0.4, 0.5) is 0 Å². The fourth-order valence-corrected chi connectivity index (χ4v) is 2.39. The van der Waals surface area contributed by atoms with E-state index in [0.29, 0.717) is 16.7 Å². The van der Waals surface area contributed by atoms with E-state index in [0.717, 1.165) is 11.1 Å². The van der Waals surface area contributed by atoms with Gasteiger partial charge in [0.25, 0.3) is 0 Å². The molecule has 0 heterocycles. The molecule has 0 atom stereocenters. The third kappa shape index (κ3) is 1.82. The van der Waals surface area contributed by atoms with Crippen molar-refractivity contribution in [2.75, 3.05) is 0 Å². The maximum Gasteiger partial charge on any atom is 0.194 e. The molecular formula is C17H12O2. The number of hydrogen-bond acceptors (Lipinski definition) is 2. The molecule has 0 amide bonds. The molecule has 2 heteroatoms. The topological polar surface area (TPSA) is 34.1 Å². The Morgan fingerprint density at radius 2 is 1.32 bits per heavy atom. The first kappa shape index (κ1) is 11.6. The second kappa shape index (κ2) is 4.32. The van der Waals surface area contributed by atoms with Crippen molar-refractivity contribution in [2.24, 2.45) is 0 Å². The highest BCUT2D eigenvalue weighted by Crippen LogP contribution is 2.29. The fraction of sp³-hybridized carbons (Fsp3) is 0.0588. The lowest BCUT2D eigenvalue weighted by molar-refractivity contribution is 0.100. The lowest BCUT2D eigenvalue weighted by Gasteiger charge is -2.16. The SMILES string of the molecule is Cc1ccccc1C1=CC(=O)c2ccccc2C1=O. The molecule has 3 rings (SSSR count). The molecule has 1 aliphatic rings. The van der Waals surface area contributed by atoms with Gasteiger partial charge in [-0.2, -0.15) is 0 Å². The summed E-state index contributed by atoms with van der Waals surface area (Å²) in [6, 6.07) is 14.6. The van der Waals surface area contributed by atoms with Gasteiger partial charge in [-0.25, -0.2) is 0 Å². The van der Waals surface area contributed by atoms with Gasteiger partial charge in [0.05, 0.1) is 0 Å². The zero-order valence-electron chi connectivity index (χ0n) is 10.5. The third-order valence-electron chi connectivity index (χ3n) is 3.39. The van der Waals surface area contributed by atoms with E-state index in [-0.39, 0.29) is 11.6 Å². The van der Waals surface area contributed by atoms with Gasteiger partial charge in [0.15, 0.2) is 11.6 Å². The molecule has 2 nitrogen and oxygen atoms in total. The van der Waals surface area contributed by atoms with Crippen molar-refractivity contribution >= 4 is 17.1 Å². The fourth-order valence-electron chi connectivity index (χ4n) is 2.39. The quantitative estimate of drug-likeness (QED) is 0.774. The van der Waals surface area contributed by atoms with Gasteiger partial charge in [0.2, 0.25) is 0 Å². The number of hydrogen-bond donors (Lipinski definition) is 0. The summed E-state index contributed by atoms with van der Waals surface area (Å²) in [4.78, 5) is 24.6. The second-order valence-corrected chi connectivity index (χ2v) is 4.61. The summed E-state index contributed by atoms with van der Waals surface area (Å²) in [7, 11) is 0. The van der Waals surface area contributed by atoms with Gasteiger partial charge < -0.3 is 0 Å². The van der Waals surface area contributed by atoms with Crippen molar-refractivity contribution in [2.45, 2.75) is 6.92 Å². The zero-order valence-corrected chi connectivity index (χ0v) is 10.5. The Bertz CT molecular complexity index is 724. The lowest BCUT2D eigenvalue weighted by atomic mass is 9.85. The molecule has 0 radical (unpaired) electrons. The van der Waals surface area contributed by atoms with E-state index < -0.39 is 0 Å². The van der Waals surface area contributed by atoms with Crippen LogP contribution in [0.25, 0.3) is 5.57 Å². The van der Waals surface area contributed by atoms with Crippen LogP contribution in [0, 0.1) is 6.92 Å². The van der Waals surface area contributed by atoms with E-state index in [2.05, 4.69) is 0 Å². The predicted octanol–water partition coefficient (Wildman–Crippen LogP) is 3.46. The molecule has 19 heavy (non-hydrogen) atoms. The second-order valence-electron chi connectivity index (χ2n) is 4.61. The average molecular weight is 248 g/mol. The monoisotopic (exact) mass is 248 g/mol. The van der Waals surface area contributed by atoms with Gasteiger partial charge in [0.1, 0.15) is 0 Å². The number of allylic oxidation sites excluding steroid dienone is 2. The Labute approximate surface area is 111 Å². The Morgan fingerprint density at radius 1 is 0.737 bits per heavy atom. The standard InChI is InChI=1S/C17H12O2/c1-11-6-2-3-7-12(11)15-10-16(18)13-8-4-5-9-14(13)17(15)19/h2-10H,1H3. The molecule has 0 bridgehead atoms. The Morgan fingerprint density at radius 3 is 2.00 bits per heavy atom. The molecule has 0 N–H and O–H groups in total. The summed E-state index contributed by atoms with van der Waals surface area (Å²) >= 11 is 0. The highest BCUT2D eigenvalue weighted by molar-refractivity contribution is 6.38. The van der Waals surface area contributed by atoms with Gasteiger partial charge in [-0.05, 0) is 24.1 Å². The van der Waals surface area contributed by atoms with Crippen molar-refractivity contribution in [1.29, 1.82) is 0 Å². The molecule has 0 unspecified atom stereocenters. The Hall–Kier alpha value is -2.48. The molecule has 0 aliphatic heterocycles. The number of ketones is 2. The zero-order chi connectivity index (χ0) is 13.4. The minimum absolute atomic E-state index is 0.0792. The van der Waals surface area contributed by atoms with Crippen LogP contribution in [0.3, 0.4) is 0 Å². The van der Waals surface area contributed by atoms with E-state index in [1.807, 2.05) is 31.2 Å². The lowest BCUT2D eigenvalue weighted by Crippen LogP contribution is -2.16. The van der Waals surface area contributed by atoms with Crippen molar-refractivity contribution in [3.8, 4) is 0 Å². The molecule has 0 spiro atoms. The highest BCUT2D eigenvalue weighted by Gasteiger charge is 2.26. The maximum atomic E-state index is 12.5. The van der Waals surface area contributed by atoms with E-state index in [4.69, 9.17) is 0 Å². The van der Waals surface area contributed by atoms with Crippen molar-refractivity contribution in [3.63, 3.8) is 0 Å². The predicted molar refractivity (Wildman–Crippen MR) is 74.3 cm³/mol. The molecule has 0 fully saturated rings. The molecule has 0 saturated carbocycles. The van der Waals surface area contributed by atoms with Crippen LogP contribution in [0.2, 0.25) is 0 Å². The van der Waals surface area contributed by atoms with Crippen LogP contribution in [-0.2, 0) is 0 Å². The van der Waals surface area contributed by atoms with Crippen LogP contribution in [-0.4, -0.2) is 11.6 Å². The summed E-state index contributed by atoms with van der Waals surface area (Å²) in [6.07, 6.45) is 1.45. The normalized spacial score (nSPS) is 14.1. The summed E-state index contributed by atoms with van der Waals surface area (Å²) in [5, 5.41) is 0. The number of benzene rings is 2. The minimum atomic E-state index is -0.103. The molecule has 92 valence electrons. The highest BCUT2D eigenvalue weighted by atomic mass is 16.1. The largest absolute Gasteiger partial charge is 0.289 e. The van der Waals surface area contributed by atoms with Crippen LogP contribution in [0.15, 0.2) is 54.6 Å². The minimum Gasteiger partial charge on any atom is -0.289 e.